The van der Waals surface area contributed by atoms with E-state index in [4.69, 9.17) is 5.11 Å². The van der Waals surface area contributed by atoms with Gasteiger partial charge in [-0.15, -0.1) is 0 Å². The van der Waals surface area contributed by atoms with Crippen molar-refractivity contribution in [3.05, 3.63) is 0 Å². The minimum Gasteiger partial charge on any atom is -0.480 e. The van der Waals surface area contributed by atoms with Gasteiger partial charge in [0.05, 0.1) is 0 Å². The van der Waals surface area contributed by atoms with Crippen molar-refractivity contribution < 1.29 is 14.7 Å². The van der Waals surface area contributed by atoms with Crippen LogP contribution in [0.15, 0.2) is 0 Å². The minimum absolute atomic E-state index is 0.150. The number of hydrogen-bond acceptors (Lipinski definition) is 3. The summed E-state index contributed by atoms with van der Waals surface area (Å²) in [5.41, 5.74) is 0. The average molecular weight is 269 g/mol. The van der Waals surface area contributed by atoms with Gasteiger partial charge in [-0.2, -0.15) is 0 Å². The van der Waals surface area contributed by atoms with Crippen LogP contribution in [0.3, 0.4) is 0 Å². The molecule has 3 N–H and O–H groups in total. The number of aliphatic carboxylic acids is 1. The normalized spacial score (nSPS) is 25.0. The Labute approximate surface area is 113 Å². The third-order valence-electron chi connectivity index (χ3n) is 3.80. The van der Waals surface area contributed by atoms with Crippen molar-refractivity contribution in [1.29, 1.82) is 0 Å². The highest BCUT2D eigenvalue weighted by molar-refractivity contribution is 5.82. The van der Waals surface area contributed by atoms with Gasteiger partial charge >= 0.3 is 12.0 Å². The summed E-state index contributed by atoms with van der Waals surface area (Å²) >= 11 is 0. The van der Waals surface area contributed by atoms with Gasteiger partial charge in [0.1, 0.15) is 6.04 Å². The number of carboxylic acids is 1. The van der Waals surface area contributed by atoms with Crippen LogP contribution in [0.1, 0.15) is 39.0 Å². The van der Waals surface area contributed by atoms with Gasteiger partial charge in [0.25, 0.3) is 0 Å². The van der Waals surface area contributed by atoms with Crippen LogP contribution in [-0.2, 0) is 4.79 Å². The van der Waals surface area contributed by atoms with Gasteiger partial charge in [0, 0.05) is 25.2 Å². The fourth-order valence-corrected chi connectivity index (χ4v) is 2.61. The SMILES string of the molecule is CCCC(NC(=O)NC1CCN(C2CC2)C1)C(=O)O. The number of amides is 2. The summed E-state index contributed by atoms with van der Waals surface area (Å²) in [6.07, 6.45) is 4.69. The Morgan fingerprint density at radius 1 is 1.37 bits per heavy atom. The van der Waals surface area contributed by atoms with Gasteiger partial charge in [-0.25, -0.2) is 9.59 Å². The fraction of sp³-hybridized carbons (Fsp3) is 0.846. The number of likely N-dealkylation sites (tertiary alicyclic amines) is 1. The number of urea groups is 1. The van der Waals surface area contributed by atoms with E-state index in [0.29, 0.717) is 6.42 Å². The molecule has 2 aliphatic rings. The molecule has 2 amide bonds. The lowest BCUT2D eigenvalue weighted by Gasteiger charge is -2.18. The summed E-state index contributed by atoms with van der Waals surface area (Å²) < 4.78 is 0. The Kier molecular flexibility index (Phi) is 4.63. The van der Waals surface area contributed by atoms with E-state index in [-0.39, 0.29) is 12.1 Å². The molecule has 0 aromatic rings. The molecule has 0 aromatic heterocycles. The molecule has 0 radical (unpaired) electrons. The highest BCUT2D eigenvalue weighted by Crippen LogP contribution is 2.29. The lowest BCUT2D eigenvalue weighted by atomic mass is 10.2. The highest BCUT2D eigenvalue weighted by Gasteiger charge is 2.35. The summed E-state index contributed by atoms with van der Waals surface area (Å²) in [6, 6.07) is -0.271. The third-order valence-corrected chi connectivity index (χ3v) is 3.80. The first kappa shape index (κ1) is 14.1. The highest BCUT2D eigenvalue weighted by atomic mass is 16.4. The molecule has 2 fully saturated rings. The molecule has 1 heterocycles. The van der Waals surface area contributed by atoms with Gasteiger partial charge in [-0.05, 0) is 25.7 Å². The van der Waals surface area contributed by atoms with E-state index in [1.807, 2.05) is 6.92 Å². The zero-order valence-electron chi connectivity index (χ0n) is 11.4. The molecule has 1 aliphatic carbocycles. The maximum absolute atomic E-state index is 11.8. The Hall–Kier alpha value is -1.30. The van der Waals surface area contributed by atoms with Crippen LogP contribution < -0.4 is 10.6 Å². The Morgan fingerprint density at radius 3 is 2.68 bits per heavy atom. The van der Waals surface area contributed by atoms with E-state index in [9.17, 15) is 9.59 Å². The molecule has 2 atom stereocenters. The molecular weight excluding hydrogens is 246 g/mol. The fourth-order valence-electron chi connectivity index (χ4n) is 2.61. The van der Waals surface area contributed by atoms with E-state index >= 15 is 0 Å². The monoisotopic (exact) mass is 269 g/mol. The molecule has 2 rings (SSSR count). The maximum Gasteiger partial charge on any atom is 0.326 e. The van der Waals surface area contributed by atoms with Crippen molar-refractivity contribution in [2.75, 3.05) is 13.1 Å². The van der Waals surface area contributed by atoms with Crippen LogP contribution in [-0.4, -0.2) is 53.2 Å². The standard InChI is InChI=1S/C13H23N3O3/c1-2-3-11(12(17)18)15-13(19)14-9-6-7-16(8-9)10-4-5-10/h9-11H,2-8H2,1H3,(H,17,18)(H2,14,15,19). The summed E-state index contributed by atoms with van der Waals surface area (Å²) in [6.45, 7) is 3.83. The number of carbonyl (C=O) groups is 2. The molecule has 0 bridgehead atoms. The largest absolute Gasteiger partial charge is 0.480 e. The second-order valence-electron chi connectivity index (χ2n) is 5.51. The van der Waals surface area contributed by atoms with E-state index in [1.165, 1.54) is 12.8 Å². The van der Waals surface area contributed by atoms with Crippen molar-refractivity contribution in [3.8, 4) is 0 Å². The van der Waals surface area contributed by atoms with Crippen LogP contribution >= 0.6 is 0 Å². The van der Waals surface area contributed by atoms with Crippen molar-refractivity contribution in [1.82, 2.24) is 15.5 Å². The molecule has 1 saturated heterocycles. The molecule has 6 nitrogen and oxygen atoms in total. The van der Waals surface area contributed by atoms with Crippen molar-refractivity contribution in [3.63, 3.8) is 0 Å². The molecule has 19 heavy (non-hydrogen) atoms. The number of nitrogens with one attached hydrogen (secondary N) is 2. The number of carbonyl (C=O) groups excluding carboxylic acids is 1. The zero-order chi connectivity index (χ0) is 13.8. The zero-order valence-corrected chi connectivity index (χ0v) is 11.4. The van der Waals surface area contributed by atoms with Crippen molar-refractivity contribution in [2.24, 2.45) is 0 Å². The molecule has 1 saturated carbocycles. The van der Waals surface area contributed by atoms with Crippen LogP contribution in [0.5, 0.6) is 0 Å². The van der Waals surface area contributed by atoms with Crippen LogP contribution in [0.2, 0.25) is 0 Å². The third kappa shape index (κ3) is 4.09. The first-order valence-electron chi connectivity index (χ1n) is 7.14. The predicted molar refractivity (Wildman–Crippen MR) is 71.0 cm³/mol. The second-order valence-corrected chi connectivity index (χ2v) is 5.51. The van der Waals surface area contributed by atoms with Crippen molar-refractivity contribution >= 4 is 12.0 Å². The number of rotatable bonds is 6. The van der Waals surface area contributed by atoms with Gasteiger partial charge < -0.3 is 15.7 Å². The molecule has 6 heteroatoms. The molecule has 0 spiro atoms. The maximum atomic E-state index is 11.8. The summed E-state index contributed by atoms with van der Waals surface area (Å²) in [7, 11) is 0. The van der Waals surface area contributed by atoms with E-state index < -0.39 is 12.0 Å². The number of carboxylic acid groups (broad SMARTS) is 1. The predicted octanol–water partition coefficient (Wildman–Crippen LogP) is 0.776. The lowest BCUT2D eigenvalue weighted by molar-refractivity contribution is -0.139. The molecule has 2 unspecified atom stereocenters. The Bertz CT molecular complexity index is 344. The topological polar surface area (TPSA) is 81.7 Å². The number of nitrogens with zero attached hydrogens (tertiary/aromatic N) is 1. The number of hydrogen-bond donors (Lipinski definition) is 3. The Balaban J connectivity index is 1.72. The van der Waals surface area contributed by atoms with Gasteiger partial charge in [0.2, 0.25) is 0 Å². The first-order valence-corrected chi connectivity index (χ1v) is 7.14. The Morgan fingerprint density at radius 2 is 2.11 bits per heavy atom. The van der Waals surface area contributed by atoms with Gasteiger partial charge in [-0.3, -0.25) is 4.90 Å². The van der Waals surface area contributed by atoms with Crippen molar-refractivity contribution in [2.45, 2.75) is 57.2 Å². The molecule has 0 aromatic carbocycles. The van der Waals surface area contributed by atoms with E-state index in [0.717, 1.165) is 32.0 Å². The minimum atomic E-state index is -0.969. The molecule has 1 aliphatic heterocycles. The molecule has 108 valence electrons. The van der Waals surface area contributed by atoms with Crippen LogP contribution in [0, 0.1) is 0 Å². The van der Waals surface area contributed by atoms with Crippen LogP contribution in [0.4, 0.5) is 4.79 Å². The summed E-state index contributed by atoms with van der Waals surface area (Å²) in [5, 5.41) is 14.4. The lowest BCUT2D eigenvalue weighted by Crippen LogP contribution is -2.49. The summed E-state index contributed by atoms with van der Waals surface area (Å²) in [4.78, 5) is 25.1. The van der Waals surface area contributed by atoms with E-state index in [2.05, 4.69) is 15.5 Å². The van der Waals surface area contributed by atoms with Gasteiger partial charge in [-0.1, -0.05) is 13.3 Å². The first-order chi connectivity index (χ1) is 9.10. The quantitative estimate of drug-likeness (QED) is 0.665. The van der Waals surface area contributed by atoms with Crippen LogP contribution in [0.25, 0.3) is 0 Å². The van der Waals surface area contributed by atoms with E-state index in [1.54, 1.807) is 0 Å². The smallest absolute Gasteiger partial charge is 0.326 e. The molecular formula is C13H23N3O3. The average Bonchev–Trinajstić information content (AvgIpc) is 3.10. The van der Waals surface area contributed by atoms with Gasteiger partial charge in [0.15, 0.2) is 0 Å². The second kappa shape index (κ2) is 6.23. The summed E-state index contributed by atoms with van der Waals surface area (Å²) in [5.74, 6) is -0.969.